The van der Waals surface area contributed by atoms with Crippen LogP contribution in [0.25, 0.3) is 10.2 Å². The number of aryl methyl sites for hydroxylation is 2. The molecule has 0 aliphatic heterocycles. The van der Waals surface area contributed by atoms with Crippen molar-refractivity contribution >= 4 is 27.5 Å². The number of carbonyl (C=O) groups excluding carboxylic acids is 1. The molecule has 7 heteroatoms. The summed E-state index contributed by atoms with van der Waals surface area (Å²) in [7, 11) is 4.01. The van der Waals surface area contributed by atoms with Crippen LogP contribution in [0.4, 0.5) is 0 Å². The van der Waals surface area contributed by atoms with Gasteiger partial charge in [0.05, 0.1) is 16.6 Å². The van der Waals surface area contributed by atoms with E-state index in [1.165, 1.54) is 11.3 Å². The van der Waals surface area contributed by atoms with E-state index in [2.05, 4.69) is 22.1 Å². The number of unbranched alkanes of at least 4 members (excludes halogenated alkanes) is 1. The van der Waals surface area contributed by atoms with E-state index in [4.69, 9.17) is 0 Å². The van der Waals surface area contributed by atoms with Gasteiger partial charge in [0.1, 0.15) is 4.83 Å². The largest absolute Gasteiger partial charge is 0.351 e. The number of nitrogens with zero attached hydrogens (tertiary/aromatic N) is 3. The molecule has 1 N–H and O–H groups in total. The van der Waals surface area contributed by atoms with Crippen LogP contribution >= 0.6 is 11.3 Å². The van der Waals surface area contributed by atoms with E-state index in [9.17, 15) is 9.59 Å². The van der Waals surface area contributed by atoms with Gasteiger partial charge in [-0.2, -0.15) is 0 Å². The molecule has 0 saturated heterocycles. The summed E-state index contributed by atoms with van der Waals surface area (Å²) in [6.45, 7) is 6.14. The molecule has 1 amide bonds. The molecule has 6 nitrogen and oxygen atoms in total. The lowest BCUT2D eigenvalue weighted by Crippen LogP contribution is -2.27. The standard InChI is InChI=1S/C17H26N4O2S/c1-5-6-10-21-11-19-16-13(17(21)23)12(2)14(24-16)15(22)18-8-7-9-20(3)4/h11H,5-10H2,1-4H3,(H,18,22). The van der Waals surface area contributed by atoms with Crippen molar-refractivity contribution in [3.8, 4) is 0 Å². The summed E-state index contributed by atoms with van der Waals surface area (Å²) in [5.74, 6) is -0.117. The summed E-state index contributed by atoms with van der Waals surface area (Å²) in [4.78, 5) is 32.7. The highest BCUT2D eigenvalue weighted by molar-refractivity contribution is 7.20. The predicted octanol–water partition coefficient (Wildman–Crippen LogP) is 2.25. The lowest BCUT2D eigenvalue weighted by atomic mass is 10.2. The molecular formula is C17H26N4O2S. The molecule has 2 rings (SSSR count). The Balaban J connectivity index is 2.20. The van der Waals surface area contributed by atoms with Crippen LogP contribution in [0.5, 0.6) is 0 Å². The molecule has 0 aromatic carbocycles. The van der Waals surface area contributed by atoms with Gasteiger partial charge in [-0.05, 0) is 46.0 Å². The van der Waals surface area contributed by atoms with Crippen LogP contribution in [0.3, 0.4) is 0 Å². The van der Waals surface area contributed by atoms with Crippen molar-refractivity contribution in [2.75, 3.05) is 27.2 Å². The fraction of sp³-hybridized carbons (Fsp3) is 0.588. The van der Waals surface area contributed by atoms with Gasteiger partial charge in [-0.1, -0.05) is 13.3 Å². The van der Waals surface area contributed by atoms with Crippen LogP contribution in [0.1, 0.15) is 41.4 Å². The summed E-state index contributed by atoms with van der Waals surface area (Å²) in [6, 6.07) is 0. The molecular weight excluding hydrogens is 324 g/mol. The minimum Gasteiger partial charge on any atom is -0.351 e. The maximum Gasteiger partial charge on any atom is 0.262 e. The van der Waals surface area contributed by atoms with Gasteiger partial charge in [-0.25, -0.2) is 4.98 Å². The molecule has 2 heterocycles. The Kier molecular flexibility index (Phi) is 6.51. The Morgan fingerprint density at radius 2 is 2.12 bits per heavy atom. The van der Waals surface area contributed by atoms with Gasteiger partial charge in [0.15, 0.2) is 0 Å². The van der Waals surface area contributed by atoms with E-state index < -0.39 is 0 Å². The molecule has 132 valence electrons. The lowest BCUT2D eigenvalue weighted by Gasteiger charge is -2.09. The van der Waals surface area contributed by atoms with Crippen molar-refractivity contribution in [1.29, 1.82) is 0 Å². The van der Waals surface area contributed by atoms with Gasteiger partial charge in [-0.15, -0.1) is 11.3 Å². The van der Waals surface area contributed by atoms with Crippen molar-refractivity contribution < 1.29 is 4.79 Å². The average molecular weight is 350 g/mol. The average Bonchev–Trinajstić information content (AvgIpc) is 2.88. The first kappa shape index (κ1) is 18.6. The van der Waals surface area contributed by atoms with Crippen LogP contribution in [-0.2, 0) is 6.54 Å². The first-order chi connectivity index (χ1) is 11.5. The van der Waals surface area contributed by atoms with Crippen molar-refractivity contribution in [2.45, 2.75) is 39.7 Å². The number of hydrogen-bond acceptors (Lipinski definition) is 5. The molecule has 2 aromatic heterocycles. The molecule has 0 aliphatic rings. The fourth-order valence-corrected chi connectivity index (χ4v) is 3.60. The summed E-state index contributed by atoms with van der Waals surface area (Å²) in [5.41, 5.74) is 0.692. The topological polar surface area (TPSA) is 67.2 Å². The van der Waals surface area contributed by atoms with Crippen molar-refractivity contribution in [1.82, 2.24) is 19.8 Å². The summed E-state index contributed by atoms with van der Waals surface area (Å²) >= 11 is 1.30. The highest BCUT2D eigenvalue weighted by Gasteiger charge is 2.19. The summed E-state index contributed by atoms with van der Waals surface area (Å²) < 4.78 is 1.64. The normalized spacial score (nSPS) is 11.4. The third-order valence-corrected chi connectivity index (χ3v) is 5.14. The summed E-state index contributed by atoms with van der Waals surface area (Å²) in [6.07, 6.45) is 4.45. The molecule has 0 atom stereocenters. The van der Waals surface area contributed by atoms with Gasteiger partial charge >= 0.3 is 0 Å². The Morgan fingerprint density at radius 3 is 2.79 bits per heavy atom. The zero-order chi connectivity index (χ0) is 17.7. The molecule has 0 aliphatic carbocycles. The Morgan fingerprint density at radius 1 is 1.38 bits per heavy atom. The van der Waals surface area contributed by atoms with Crippen LogP contribution in [0, 0.1) is 6.92 Å². The highest BCUT2D eigenvalue weighted by Crippen LogP contribution is 2.26. The van der Waals surface area contributed by atoms with Gasteiger partial charge in [0, 0.05) is 13.1 Å². The molecule has 24 heavy (non-hydrogen) atoms. The number of fused-ring (bicyclic) bond motifs is 1. The number of aromatic nitrogens is 2. The smallest absolute Gasteiger partial charge is 0.262 e. The first-order valence-electron chi connectivity index (χ1n) is 8.37. The van der Waals surface area contributed by atoms with Gasteiger partial charge in [0.2, 0.25) is 0 Å². The minimum absolute atomic E-state index is 0.0474. The number of nitrogens with one attached hydrogen (secondary N) is 1. The molecule has 0 unspecified atom stereocenters. The van der Waals surface area contributed by atoms with Crippen molar-refractivity contribution in [2.24, 2.45) is 0 Å². The number of carbonyl (C=O) groups is 1. The fourth-order valence-electron chi connectivity index (χ4n) is 2.54. The summed E-state index contributed by atoms with van der Waals surface area (Å²) in [5, 5.41) is 3.51. The maximum atomic E-state index is 12.6. The molecule has 0 saturated carbocycles. The van der Waals surface area contributed by atoms with Gasteiger partial charge < -0.3 is 10.2 Å². The van der Waals surface area contributed by atoms with Crippen LogP contribution in [-0.4, -0.2) is 47.5 Å². The second-order valence-corrected chi connectivity index (χ2v) is 7.24. The third-order valence-electron chi connectivity index (χ3n) is 3.94. The zero-order valence-electron chi connectivity index (χ0n) is 14.9. The lowest BCUT2D eigenvalue weighted by molar-refractivity contribution is 0.0956. The van der Waals surface area contributed by atoms with E-state index in [1.807, 2.05) is 21.0 Å². The second-order valence-electron chi connectivity index (χ2n) is 6.25. The first-order valence-corrected chi connectivity index (χ1v) is 9.18. The Bertz CT molecular complexity index is 764. The molecule has 0 bridgehead atoms. The van der Waals surface area contributed by atoms with E-state index in [0.717, 1.165) is 31.4 Å². The molecule has 0 spiro atoms. The van der Waals surface area contributed by atoms with E-state index in [-0.39, 0.29) is 11.5 Å². The zero-order valence-corrected chi connectivity index (χ0v) is 15.7. The van der Waals surface area contributed by atoms with Crippen LogP contribution in [0.2, 0.25) is 0 Å². The van der Waals surface area contributed by atoms with Gasteiger partial charge in [0.25, 0.3) is 11.5 Å². The van der Waals surface area contributed by atoms with Gasteiger partial charge in [-0.3, -0.25) is 14.2 Å². The number of hydrogen-bond donors (Lipinski definition) is 1. The van der Waals surface area contributed by atoms with E-state index >= 15 is 0 Å². The molecule has 2 aromatic rings. The number of thiophene rings is 1. The van der Waals surface area contributed by atoms with Crippen molar-refractivity contribution in [3.63, 3.8) is 0 Å². The van der Waals surface area contributed by atoms with Crippen LogP contribution < -0.4 is 10.9 Å². The van der Waals surface area contributed by atoms with Crippen molar-refractivity contribution in [3.05, 3.63) is 27.1 Å². The number of amides is 1. The van der Waals surface area contributed by atoms with E-state index in [0.29, 0.717) is 28.2 Å². The quantitative estimate of drug-likeness (QED) is 0.742. The monoisotopic (exact) mass is 350 g/mol. The molecule has 0 fully saturated rings. The highest BCUT2D eigenvalue weighted by atomic mass is 32.1. The third kappa shape index (κ3) is 4.21. The second kappa shape index (κ2) is 8.39. The Labute approximate surface area is 146 Å². The minimum atomic E-state index is -0.117. The van der Waals surface area contributed by atoms with Crippen LogP contribution in [0.15, 0.2) is 11.1 Å². The van der Waals surface area contributed by atoms with E-state index in [1.54, 1.807) is 10.9 Å². The predicted molar refractivity (Wildman–Crippen MR) is 99.0 cm³/mol. The molecule has 0 radical (unpaired) electrons. The SMILES string of the molecule is CCCCn1cnc2sc(C(=O)NCCCN(C)C)c(C)c2c1=O. The Hall–Kier alpha value is -1.73. The maximum absolute atomic E-state index is 12.6. The number of rotatable bonds is 8.